The number of halogens is 4. The quantitative estimate of drug-likeness (QED) is 0.820. The van der Waals surface area contributed by atoms with Crippen LogP contribution in [0.1, 0.15) is 11.5 Å². The van der Waals surface area contributed by atoms with E-state index in [0.717, 1.165) is 0 Å². The van der Waals surface area contributed by atoms with E-state index in [-0.39, 0.29) is 18.8 Å². The Labute approximate surface area is 138 Å². The van der Waals surface area contributed by atoms with Crippen molar-refractivity contribution in [1.29, 1.82) is 0 Å². The number of hydrogen-bond donors (Lipinski definition) is 2. The van der Waals surface area contributed by atoms with Crippen molar-refractivity contribution in [2.45, 2.75) is 25.6 Å². The molecule has 10 heteroatoms. The summed E-state index contributed by atoms with van der Waals surface area (Å²) in [5, 5.41) is 8.99. The predicted molar refractivity (Wildman–Crippen MR) is 79.5 cm³/mol. The molecule has 1 aliphatic rings. The molecule has 1 aromatic rings. The molecule has 2 rings (SSSR count). The summed E-state index contributed by atoms with van der Waals surface area (Å²) in [7, 11) is 0. The minimum atomic E-state index is -4.38. The first-order chi connectivity index (χ1) is 10.4. The molecule has 1 saturated heterocycles. The highest BCUT2D eigenvalue weighted by molar-refractivity contribution is 5.85. The summed E-state index contributed by atoms with van der Waals surface area (Å²) in [5.41, 5.74) is 0.403. The van der Waals surface area contributed by atoms with Gasteiger partial charge in [0.2, 0.25) is 5.91 Å². The number of carbonyl (C=O) groups is 1. The molecular formula is C13H20ClF3N4O2. The van der Waals surface area contributed by atoms with Gasteiger partial charge in [-0.15, -0.1) is 12.4 Å². The lowest BCUT2D eigenvalue weighted by molar-refractivity contribution is -0.184. The van der Waals surface area contributed by atoms with Gasteiger partial charge in [0.25, 0.3) is 0 Å². The molecule has 2 heterocycles. The minimum absolute atomic E-state index is 0. The van der Waals surface area contributed by atoms with Crippen LogP contribution < -0.4 is 10.6 Å². The maximum atomic E-state index is 13.1. The third-order valence-electron chi connectivity index (χ3n) is 3.48. The first-order valence-corrected chi connectivity index (χ1v) is 7.06. The van der Waals surface area contributed by atoms with Crippen LogP contribution in [0.2, 0.25) is 0 Å². The minimum Gasteiger partial charge on any atom is -0.361 e. The van der Waals surface area contributed by atoms with Crippen LogP contribution in [0.4, 0.5) is 13.2 Å². The number of carbonyl (C=O) groups excluding carboxylic acids is 1. The van der Waals surface area contributed by atoms with Gasteiger partial charge in [-0.3, -0.25) is 9.69 Å². The number of piperazine rings is 1. The summed E-state index contributed by atoms with van der Waals surface area (Å²) in [4.78, 5) is 13.1. The van der Waals surface area contributed by atoms with Gasteiger partial charge in [-0.25, -0.2) is 0 Å². The van der Waals surface area contributed by atoms with E-state index in [1.807, 2.05) is 0 Å². The van der Waals surface area contributed by atoms with Gasteiger partial charge in [-0.05, 0) is 6.92 Å². The number of nitrogens with zero attached hydrogens (tertiary/aromatic N) is 2. The maximum Gasteiger partial charge on any atom is 0.405 e. The number of aryl methyl sites for hydroxylation is 1. The van der Waals surface area contributed by atoms with Crippen molar-refractivity contribution in [3.8, 4) is 0 Å². The van der Waals surface area contributed by atoms with Crippen LogP contribution in [-0.2, 0) is 11.2 Å². The lowest BCUT2D eigenvalue weighted by atomic mass is 10.2. The van der Waals surface area contributed by atoms with Gasteiger partial charge in [0.15, 0.2) is 0 Å². The monoisotopic (exact) mass is 356 g/mol. The summed E-state index contributed by atoms with van der Waals surface area (Å²) in [6, 6.07) is -0.0884. The Morgan fingerprint density at radius 1 is 1.48 bits per heavy atom. The largest absolute Gasteiger partial charge is 0.405 e. The summed E-state index contributed by atoms with van der Waals surface area (Å²) in [6.07, 6.45) is -4.47. The Bertz CT molecular complexity index is 504. The van der Waals surface area contributed by atoms with Gasteiger partial charge in [0.05, 0.1) is 12.1 Å². The number of amides is 1. The van der Waals surface area contributed by atoms with E-state index in [1.165, 1.54) is 4.90 Å². The second-order valence-electron chi connectivity index (χ2n) is 5.25. The van der Waals surface area contributed by atoms with Crippen LogP contribution in [0.15, 0.2) is 10.6 Å². The molecule has 0 aliphatic carbocycles. The van der Waals surface area contributed by atoms with Gasteiger partial charge in [0, 0.05) is 38.8 Å². The summed E-state index contributed by atoms with van der Waals surface area (Å²) in [5.74, 6) is 0.0504. The van der Waals surface area contributed by atoms with Crippen LogP contribution in [0, 0.1) is 6.92 Å². The predicted octanol–water partition coefficient (Wildman–Crippen LogP) is 0.900. The van der Waals surface area contributed by atoms with E-state index in [1.54, 1.807) is 13.0 Å². The first-order valence-electron chi connectivity index (χ1n) is 7.06. The van der Waals surface area contributed by atoms with E-state index >= 15 is 0 Å². The zero-order valence-corrected chi connectivity index (χ0v) is 13.5. The Morgan fingerprint density at radius 2 is 2.13 bits per heavy atom. The molecule has 0 bridgehead atoms. The number of aromatic nitrogens is 1. The van der Waals surface area contributed by atoms with Gasteiger partial charge < -0.3 is 15.2 Å². The lowest BCUT2D eigenvalue weighted by Crippen LogP contribution is -2.57. The van der Waals surface area contributed by atoms with Crippen LogP contribution in [0.5, 0.6) is 0 Å². The molecule has 132 valence electrons. The van der Waals surface area contributed by atoms with Gasteiger partial charge in [-0.1, -0.05) is 5.16 Å². The highest BCUT2D eigenvalue weighted by Gasteiger charge is 2.43. The molecule has 6 nitrogen and oxygen atoms in total. The molecule has 1 aliphatic heterocycles. The molecule has 0 radical (unpaired) electrons. The lowest BCUT2D eigenvalue weighted by Gasteiger charge is -2.35. The molecule has 1 atom stereocenters. The first kappa shape index (κ1) is 19.7. The second kappa shape index (κ2) is 8.51. The molecule has 1 fully saturated rings. The maximum absolute atomic E-state index is 13.1. The standard InChI is InChI=1S/C13H19F3N4O2.ClH/c1-9-6-10(19-22-9)7-12(21)18-8-11(13(14,15)16)20-4-2-17-3-5-20;/h6,11,17H,2-5,7-8H2,1H3,(H,18,21);1H. The van der Waals surface area contributed by atoms with Crippen LogP contribution >= 0.6 is 12.4 Å². The number of rotatable bonds is 5. The van der Waals surface area contributed by atoms with Crippen LogP contribution in [0.3, 0.4) is 0 Å². The van der Waals surface area contributed by atoms with E-state index in [4.69, 9.17) is 4.52 Å². The Hall–Kier alpha value is -1.32. The van der Waals surface area contributed by atoms with Gasteiger partial charge >= 0.3 is 6.18 Å². The molecule has 0 saturated carbocycles. The van der Waals surface area contributed by atoms with Crippen LogP contribution in [-0.4, -0.2) is 60.9 Å². The van der Waals surface area contributed by atoms with Crippen molar-refractivity contribution >= 4 is 18.3 Å². The molecule has 0 aromatic carbocycles. The van der Waals surface area contributed by atoms with Crippen molar-refractivity contribution in [3.63, 3.8) is 0 Å². The molecule has 2 N–H and O–H groups in total. The normalized spacial score (nSPS) is 17.4. The molecule has 0 spiro atoms. The fourth-order valence-electron chi connectivity index (χ4n) is 2.38. The third kappa shape index (κ3) is 6.00. The average Bonchev–Trinajstić information content (AvgIpc) is 2.84. The van der Waals surface area contributed by atoms with E-state index in [9.17, 15) is 18.0 Å². The summed E-state index contributed by atoms with van der Waals surface area (Å²) < 4.78 is 44.2. The van der Waals surface area contributed by atoms with E-state index in [0.29, 0.717) is 37.6 Å². The smallest absolute Gasteiger partial charge is 0.361 e. The number of hydrogen-bond acceptors (Lipinski definition) is 5. The molecule has 23 heavy (non-hydrogen) atoms. The van der Waals surface area contributed by atoms with Crippen molar-refractivity contribution < 1.29 is 22.5 Å². The highest BCUT2D eigenvalue weighted by Crippen LogP contribution is 2.24. The second-order valence-corrected chi connectivity index (χ2v) is 5.25. The number of nitrogens with one attached hydrogen (secondary N) is 2. The average molecular weight is 357 g/mol. The fourth-order valence-corrected chi connectivity index (χ4v) is 2.38. The van der Waals surface area contributed by atoms with E-state index in [2.05, 4.69) is 15.8 Å². The zero-order valence-electron chi connectivity index (χ0n) is 12.7. The Morgan fingerprint density at radius 3 is 2.65 bits per heavy atom. The molecule has 1 aromatic heterocycles. The van der Waals surface area contributed by atoms with E-state index < -0.39 is 24.7 Å². The molecule has 1 amide bonds. The zero-order chi connectivity index (χ0) is 16.2. The van der Waals surface area contributed by atoms with Crippen molar-refractivity contribution in [3.05, 3.63) is 17.5 Å². The molecule has 1 unspecified atom stereocenters. The SMILES string of the molecule is Cc1cc(CC(=O)NCC(N2CCNCC2)C(F)(F)F)no1.Cl. The molecular weight excluding hydrogens is 337 g/mol. The third-order valence-corrected chi connectivity index (χ3v) is 3.48. The van der Waals surface area contributed by atoms with Crippen molar-refractivity contribution in [1.82, 2.24) is 20.7 Å². The van der Waals surface area contributed by atoms with Crippen molar-refractivity contribution in [2.75, 3.05) is 32.7 Å². The fraction of sp³-hybridized carbons (Fsp3) is 0.692. The van der Waals surface area contributed by atoms with Crippen molar-refractivity contribution in [2.24, 2.45) is 0 Å². The van der Waals surface area contributed by atoms with Crippen LogP contribution in [0.25, 0.3) is 0 Å². The summed E-state index contributed by atoms with van der Waals surface area (Å²) >= 11 is 0. The van der Waals surface area contributed by atoms with Gasteiger partial charge in [0.1, 0.15) is 11.8 Å². The highest BCUT2D eigenvalue weighted by atomic mass is 35.5. The number of alkyl halides is 3. The summed E-state index contributed by atoms with van der Waals surface area (Å²) in [6.45, 7) is 2.86. The van der Waals surface area contributed by atoms with Gasteiger partial charge in [-0.2, -0.15) is 13.2 Å². The Kier molecular flexibility index (Phi) is 7.30. The topological polar surface area (TPSA) is 70.4 Å². The Balaban J connectivity index is 0.00000264.